The minimum absolute atomic E-state index is 0.0594. The molecule has 0 atom stereocenters. The molecule has 2 fully saturated rings. The lowest BCUT2D eigenvalue weighted by atomic mass is 9.80. The van der Waals surface area contributed by atoms with Gasteiger partial charge in [-0.25, -0.2) is 0 Å². The predicted molar refractivity (Wildman–Crippen MR) is 125 cm³/mol. The molecule has 8 nitrogen and oxygen atoms in total. The lowest BCUT2D eigenvalue weighted by Crippen LogP contribution is -2.63. The predicted octanol–water partition coefficient (Wildman–Crippen LogP) is 3.87. The Morgan fingerprint density at radius 3 is 2.31 bits per heavy atom. The number of amides is 2. The second kappa shape index (κ2) is 10.7. The Morgan fingerprint density at radius 2 is 1.69 bits per heavy atom. The van der Waals surface area contributed by atoms with Crippen molar-refractivity contribution in [2.75, 3.05) is 19.6 Å². The first-order chi connectivity index (χ1) is 17.1. The standard InChI is InChI=1S/C25H27F3N4O4/c26-25(27,28)19-10-18(11-22(12-19)32(35)36)24(34)29-13-23(33)30-20-14-31(15-20)21-8-6-17(7-9-21)16-4-2-1-3-5-16/h1-5,10-12,17,20-21H,6-9,13-15H2,(H,29,34)(H,30,33)/t17-,21+. The SMILES string of the molecule is O=C(CNC(=O)c1cc([N+](=O)[O-])cc(C(F)(F)F)c1)NC1CN([C@H]2CC[C@@H](c3ccccc3)CC2)C1. The van der Waals surface area contributed by atoms with Gasteiger partial charge in [0.25, 0.3) is 11.6 Å². The fourth-order valence-corrected chi connectivity index (χ4v) is 4.95. The Hall–Kier alpha value is -3.47. The molecule has 0 aromatic heterocycles. The number of hydrogen-bond acceptors (Lipinski definition) is 5. The topological polar surface area (TPSA) is 105 Å². The van der Waals surface area contributed by atoms with Crippen LogP contribution in [0, 0.1) is 10.1 Å². The van der Waals surface area contributed by atoms with Gasteiger partial charge in [-0.2, -0.15) is 13.2 Å². The first-order valence-electron chi connectivity index (χ1n) is 11.8. The van der Waals surface area contributed by atoms with E-state index in [1.807, 2.05) is 6.07 Å². The number of nitro groups is 1. The maximum atomic E-state index is 13.0. The quantitative estimate of drug-likeness (QED) is 0.440. The van der Waals surface area contributed by atoms with Gasteiger partial charge >= 0.3 is 6.18 Å². The van der Waals surface area contributed by atoms with E-state index in [1.165, 1.54) is 5.56 Å². The molecule has 0 bridgehead atoms. The van der Waals surface area contributed by atoms with Gasteiger partial charge in [0.05, 0.1) is 23.1 Å². The number of carbonyl (C=O) groups is 2. The number of rotatable bonds is 7. The van der Waals surface area contributed by atoms with Gasteiger partial charge in [-0.15, -0.1) is 0 Å². The van der Waals surface area contributed by atoms with Gasteiger partial charge in [0, 0.05) is 36.8 Å². The summed E-state index contributed by atoms with van der Waals surface area (Å²) in [6.07, 6.45) is -0.405. The second-order valence-electron chi connectivity index (χ2n) is 9.34. The van der Waals surface area contributed by atoms with Crippen LogP contribution in [0.1, 0.15) is 53.1 Å². The first-order valence-corrected chi connectivity index (χ1v) is 11.8. The van der Waals surface area contributed by atoms with Crippen LogP contribution in [0.2, 0.25) is 0 Å². The molecule has 1 aliphatic heterocycles. The molecule has 4 rings (SSSR count). The zero-order chi connectivity index (χ0) is 25.9. The molecule has 2 N–H and O–H groups in total. The number of alkyl halides is 3. The van der Waals surface area contributed by atoms with Crippen LogP contribution in [-0.2, 0) is 11.0 Å². The fourth-order valence-electron chi connectivity index (χ4n) is 4.95. The van der Waals surface area contributed by atoms with Crippen LogP contribution in [0.25, 0.3) is 0 Å². The first kappa shape index (κ1) is 25.6. The molecule has 1 heterocycles. The van der Waals surface area contributed by atoms with Crippen molar-refractivity contribution < 1.29 is 27.7 Å². The lowest BCUT2D eigenvalue weighted by Gasteiger charge is -2.46. The van der Waals surface area contributed by atoms with Crippen LogP contribution in [0.5, 0.6) is 0 Å². The van der Waals surface area contributed by atoms with Crippen molar-refractivity contribution in [2.24, 2.45) is 0 Å². The van der Waals surface area contributed by atoms with Crippen LogP contribution in [0.3, 0.4) is 0 Å². The summed E-state index contributed by atoms with van der Waals surface area (Å²) < 4.78 is 39.1. The highest BCUT2D eigenvalue weighted by atomic mass is 19.4. The number of carbonyl (C=O) groups excluding carboxylic acids is 2. The highest BCUT2D eigenvalue weighted by molar-refractivity contribution is 5.97. The molecule has 1 saturated heterocycles. The normalized spacial score (nSPS) is 20.9. The van der Waals surface area contributed by atoms with Crippen molar-refractivity contribution in [3.8, 4) is 0 Å². The van der Waals surface area contributed by atoms with Crippen molar-refractivity contribution >= 4 is 17.5 Å². The molecular formula is C25H27F3N4O4. The van der Waals surface area contributed by atoms with E-state index < -0.39 is 46.3 Å². The number of nitrogens with zero attached hydrogens (tertiary/aromatic N) is 2. The maximum absolute atomic E-state index is 13.0. The summed E-state index contributed by atoms with van der Waals surface area (Å²) in [6.45, 7) is 0.974. The highest BCUT2D eigenvalue weighted by Gasteiger charge is 2.36. The summed E-state index contributed by atoms with van der Waals surface area (Å²) in [7, 11) is 0. The van der Waals surface area contributed by atoms with Gasteiger partial charge < -0.3 is 10.6 Å². The van der Waals surface area contributed by atoms with Crippen molar-refractivity contribution in [3.05, 3.63) is 75.3 Å². The Kier molecular flexibility index (Phi) is 7.58. The fraction of sp³-hybridized carbons (Fsp3) is 0.440. The van der Waals surface area contributed by atoms with Gasteiger partial charge in [-0.3, -0.25) is 24.6 Å². The Bertz CT molecular complexity index is 1110. The summed E-state index contributed by atoms with van der Waals surface area (Å²) in [5.41, 5.74) is -1.32. The van der Waals surface area contributed by atoms with Crippen LogP contribution in [0.4, 0.5) is 18.9 Å². The summed E-state index contributed by atoms with van der Waals surface area (Å²) in [5, 5.41) is 16.0. The Morgan fingerprint density at radius 1 is 1.03 bits per heavy atom. The summed E-state index contributed by atoms with van der Waals surface area (Å²) in [4.78, 5) is 36.8. The molecule has 1 aliphatic carbocycles. The van der Waals surface area contributed by atoms with E-state index in [9.17, 15) is 32.9 Å². The minimum Gasteiger partial charge on any atom is -0.349 e. The van der Waals surface area contributed by atoms with Gasteiger partial charge in [0.2, 0.25) is 5.91 Å². The Balaban J connectivity index is 1.21. The maximum Gasteiger partial charge on any atom is 0.416 e. The molecule has 192 valence electrons. The molecule has 2 aliphatic rings. The number of halogens is 3. The highest BCUT2D eigenvalue weighted by Crippen LogP contribution is 2.36. The minimum atomic E-state index is -4.85. The monoisotopic (exact) mass is 504 g/mol. The van der Waals surface area contributed by atoms with Gasteiger partial charge in [0.1, 0.15) is 0 Å². The molecule has 2 amide bonds. The smallest absolute Gasteiger partial charge is 0.349 e. The molecule has 2 aromatic carbocycles. The summed E-state index contributed by atoms with van der Waals surface area (Å²) in [5.74, 6) is -0.881. The van der Waals surface area contributed by atoms with Crippen molar-refractivity contribution in [1.82, 2.24) is 15.5 Å². The molecule has 0 unspecified atom stereocenters. The van der Waals surface area contributed by atoms with Gasteiger partial charge in [0.15, 0.2) is 0 Å². The van der Waals surface area contributed by atoms with Crippen LogP contribution >= 0.6 is 0 Å². The molecule has 0 spiro atoms. The largest absolute Gasteiger partial charge is 0.416 e. The van der Waals surface area contributed by atoms with E-state index in [4.69, 9.17) is 0 Å². The van der Waals surface area contributed by atoms with Gasteiger partial charge in [-0.1, -0.05) is 30.3 Å². The van der Waals surface area contributed by atoms with E-state index in [-0.39, 0.29) is 6.04 Å². The van der Waals surface area contributed by atoms with E-state index >= 15 is 0 Å². The molecule has 0 radical (unpaired) electrons. The van der Waals surface area contributed by atoms with Crippen molar-refractivity contribution in [1.29, 1.82) is 0 Å². The van der Waals surface area contributed by atoms with E-state index in [0.717, 1.165) is 31.7 Å². The van der Waals surface area contributed by atoms with Crippen molar-refractivity contribution in [3.63, 3.8) is 0 Å². The number of hydrogen-bond donors (Lipinski definition) is 2. The number of non-ortho nitro benzene ring substituents is 1. The number of nitrogens with one attached hydrogen (secondary N) is 2. The molecule has 2 aromatic rings. The zero-order valence-corrected chi connectivity index (χ0v) is 19.5. The van der Waals surface area contributed by atoms with Crippen LogP contribution < -0.4 is 10.6 Å². The molecule has 36 heavy (non-hydrogen) atoms. The summed E-state index contributed by atoms with van der Waals surface area (Å²) in [6, 6.07) is 12.6. The third-order valence-electron chi connectivity index (χ3n) is 6.89. The number of benzene rings is 2. The third kappa shape index (κ3) is 6.20. The van der Waals surface area contributed by atoms with E-state index in [1.54, 1.807) is 0 Å². The summed E-state index contributed by atoms with van der Waals surface area (Å²) >= 11 is 0. The Labute approximate surface area is 206 Å². The van der Waals surface area contributed by atoms with Crippen molar-refractivity contribution in [2.45, 2.75) is 49.9 Å². The van der Waals surface area contributed by atoms with E-state index in [2.05, 4.69) is 39.8 Å². The van der Waals surface area contributed by atoms with Crippen LogP contribution in [-0.4, -0.2) is 53.4 Å². The van der Waals surface area contributed by atoms with E-state index in [0.29, 0.717) is 37.2 Å². The molecule has 11 heteroatoms. The molecular weight excluding hydrogens is 477 g/mol. The second-order valence-corrected chi connectivity index (χ2v) is 9.34. The zero-order valence-electron chi connectivity index (χ0n) is 19.5. The molecule has 1 saturated carbocycles. The van der Waals surface area contributed by atoms with Gasteiger partial charge in [-0.05, 0) is 43.2 Å². The number of nitro benzene ring substituents is 1. The third-order valence-corrected chi connectivity index (χ3v) is 6.89. The average molecular weight is 505 g/mol. The average Bonchev–Trinajstić information content (AvgIpc) is 2.84. The lowest BCUT2D eigenvalue weighted by molar-refractivity contribution is -0.385. The number of likely N-dealkylation sites (tertiary alicyclic amines) is 1. The van der Waals surface area contributed by atoms with Crippen LogP contribution in [0.15, 0.2) is 48.5 Å².